The SMILES string of the molecule is O=C(c1ccc(-n2ccnc2)cc1)N1CCN(Cc2cccc(Cl)c2)CC1. The Hall–Kier alpha value is -2.63. The van der Waals surface area contributed by atoms with Crippen molar-refractivity contribution in [1.29, 1.82) is 0 Å². The Morgan fingerprint density at radius 1 is 1.04 bits per heavy atom. The molecule has 0 radical (unpaired) electrons. The maximum atomic E-state index is 12.8. The Morgan fingerprint density at radius 2 is 1.81 bits per heavy atom. The van der Waals surface area contributed by atoms with Crippen molar-refractivity contribution in [2.45, 2.75) is 6.54 Å². The lowest BCUT2D eigenvalue weighted by Gasteiger charge is -2.34. The van der Waals surface area contributed by atoms with Crippen molar-refractivity contribution in [3.8, 4) is 5.69 Å². The third-order valence-electron chi connectivity index (χ3n) is 4.87. The lowest BCUT2D eigenvalue weighted by molar-refractivity contribution is 0.0628. The first-order chi connectivity index (χ1) is 13.2. The molecule has 2 heterocycles. The van der Waals surface area contributed by atoms with Crippen LogP contribution in [0.4, 0.5) is 0 Å². The van der Waals surface area contributed by atoms with E-state index < -0.39 is 0 Å². The van der Waals surface area contributed by atoms with Gasteiger partial charge in [0.25, 0.3) is 5.91 Å². The van der Waals surface area contributed by atoms with E-state index in [0.29, 0.717) is 0 Å². The molecule has 1 aliphatic heterocycles. The van der Waals surface area contributed by atoms with Gasteiger partial charge in [-0.05, 0) is 42.0 Å². The first kappa shape index (κ1) is 17.8. The van der Waals surface area contributed by atoms with Crippen LogP contribution in [0, 0.1) is 0 Å². The molecule has 1 fully saturated rings. The summed E-state index contributed by atoms with van der Waals surface area (Å²) in [7, 11) is 0. The topological polar surface area (TPSA) is 41.4 Å². The molecule has 1 saturated heterocycles. The molecule has 0 atom stereocenters. The van der Waals surface area contributed by atoms with E-state index in [1.807, 2.05) is 58.1 Å². The molecule has 0 spiro atoms. The fourth-order valence-electron chi connectivity index (χ4n) is 3.37. The van der Waals surface area contributed by atoms with Crippen molar-refractivity contribution in [3.63, 3.8) is 0 Å². The second-order valence-corrected chi connectivity index (χ2v) is 7.15. The fraction of sp³-hybridized carbons (Fsp3) is 0.238. The number of amides is 1. The number of piperazine rings is 1. The second-order valence-electron chi connectivity index (χ2n) is 6.72. The lowest BCUT2D eigenvalue weighted by Crippen LogP contribution is -2.48. The summed E-state index contributed by atoms with van der Waals surface area (Å²) in [6.45, 7) is 4.07. The molecule has 6 heteroatoms. The number of rotatable bonds is 4. The molecule has 2 aromatic carbocycles. The molecule has 1 aliphatic rings. The van der Waals surface area contributed by atoms with Crippen molar-refractivity contribution in [2.24, 2.45) is 0 Å². The molecule has 3 aromatic rings. The molecule has 1 amide bonds. The van der Waals surface area contributed by atoms with Crippen LogP contribution < -0.4 is 0 Å². The standard InChI is InChI=1S/C21H21ClN4O/c22-19-3-1-2-17(14-19)15-24-10-12-25(13-11-24)21(27)18-4-6-20(7-5-18)26-9-8-23-16-26/h1-9,14,16H,10-13,15H2. The molecule has 4 rings (SSSR count). The van der Waals surface area contributed by atoms with E-state index in [4.69, 9.17) is 11.6 Å². The number of carbonyl (C=O) groups excluding carboxylic acids is 1. The molecular formula is C21H21ClN4O. The van der Waals surface area contributed by atoms with Gasteiger partial charge in [-0.15, -0.1) is 0 Å². The van der Waals surface area contributed by atoms with Crippen molar-refractivity contribution < 1.29 is 4.79 Å². The summed E-state index contributed by atoms with van der Waals surface area (Å²) in [6, 6.07) is 15.6. The van der Waals surface area contributed by atoms with Crippen LogP contribution in [0.15, 0.2) is 67.3 Å². The lowest BCUT2D eigenvalue weighted by atomic mass is 10.1. The predicted octanol–water partition coefficient (Wildman–Crippen LogP) is 3.48. The Bertz CT molecular complexity index is 900. The van der Waals surface area contributed by atoms with Gasteiger partial charge in [0.2, 0.25) is 0 Å². The van der Waals surface area contributed by atoms with Gasteiger partial charge in [-0.3, -0.25) is 9.69 Å². The highest BCUT2D eigenvalue weighted by Gasteiger charge is 2.22. The zero-order chi connectivity index (χ0) is 18.6. The fourth-order valence-corrected chi connectivity index (χ4v) is 3.59. The Morgan fingerprint density at radius 3 is 2.48 bits per heavy atom. The average Bonchev–Trinajstić information content (AvgIpc) is 3.23. The van der Waals surface area contributed by atoms with Crippen LogP contribution in [0.1, 0.15) is 15.9 Å². The Labute approximate surface area is 163 Å². The van der Waals surface area contributed by atoms with E-state index in [-0.39, 0.29) is 5.91 Å². The number of benzene rings is 2. The number of hydrogen-bond donors (Lipinski definition) is 0. The molecule has 27 heavy (non-hydrogen) atoms. The molecule has 0 unspecified atom stereocenters. The van der Waals surface area contributed by atoms with Crippen LogP contribution in [0.2, 0.25) is 5.02 Å². The number of nitrogens with zero attached hydrogens (tertiary/aromatic N) is 4. The summed E-state index contributed by atoms with van der Waals surface area (Å²) in [6.07, 6.45) is 5.37. The van der Waals surface area contributed by atoms with Gasteiger partial charge in [0.15, 0.2) is 0 Å². The van der Waals surface area contributed by atoms with Gasteiger partial charge in [0.1, 0.15) is 0 Å². The Kier molecular flexibility index (Phi) is 5.23. The summed E-state index contributed by atoms with van der Waals surface area (Å²) >= 11 is 6.06. The largest absolute Gasteiger partial charge is 0.336 e. The third kappa shape index (κ3) is 4.21. The Balaban J connectivity index is 1.34. The van der Waals surface area contributed by atoms with Crippen LogP contribution >= 0.6 is 11.6 Å². The number of aromatic nitrogens is 2. The molecule has 0 aliphatic carbocycles. The van der Waals surface area contributed by atoms with Crippen LogP contribution in [0.25, 0.3) is 5.69 Å². The summed E-state index contributed by atoms with van der Waals surface area (Å²) in [5.41, 5.74) is 2.93. The van der Waals surface area contributed by atoms with E-state index in [1.165, 1.54) is 5.56 Å². The molecule has 0 N–H and O–H groups in total. The van der Waals surface area contributed by atoms with E-state index in [9.17, 15) is 4.79 Å². The van der Waals surface area contributed by atoms with Crippen LogP contribution in [0.5, 0.6) is 0 Å². The first-order valence-corrected chi connectivity index (χ1v) is 9.41. The van der Waals surface area contributed by atoms with Crippen molar-refractivity contribution in [2.75, 3.05) is 26.2 Å². The third-order valence-corrected chi connectivity index (χ3v) is 5.11. The molecule has 138 valence electrons. The number of carbonyl (C=O) groups is 1. The highest BCUT2D eigenvalue weighted by molar-refractivity contribution is 6.30. The van der Waals surface area contributed by atoms with E-state index >= 15 is 0 Å². The summed E-state index contributed by atoms with van der Waals surface area (Å²) < 4.78 is 1.92. The molecule has 0 bridgehead atoms. The maximum absolute atomic E-state index is 12.8. The van der Waals surface area contributed by atoms with E-state index in [2.05, 4.69) is 16.0 Å². The highest BCUT2D eigenvalue weighted by atomic mass is 35.5. The smallest absolute Gasteiger partial charge is 0.253 e. The minimum atomic E-state index is 0.0922. The zero-order valence-corrected chi connectivity index (χ0v) is 15.7. The van der Waals surface area contributed by atoms with Crippen LogP contribution in [-0.2, 0) is 6.54 Å². The number of halogens is 1. The van der Waals surface area contributed by atoms with Gasteiger partial charge in [-0.2, -0.15) is 0 Å². The van der Waals surface area contributed by atoms with Gasteiger partial charge in [0.05, 0.1) is 6.33 Å². The quantitative estimate of drug-likeness (QED) is 0.695. The van der Waals surface area contributed by atoms with Gasteiger partial charge in [-0.1, -0.05) is 23.7 Å². The first-order valence-electron chi connectivity index (χ1n) is 9.03. The van der Waals surface area contributed by atoms with Gasteiger partial charge < -0.3 is 9.47 Å². The number of imidazole rings is 1. The van der Waals surface area contributed by atoms with E-state index in [0.717, 1.165) is 49.0 Å². The van der Waals surface area contributed by atoms with Crippen LogP contribution in [-0.4, -0.2) is 51.4 Å². The zero-order valence-electron chi connectivity index (χ0n) is 15.0. The average molecular weight is 381 g/mol. The van der Waals surface area contributed by atoms with Crippen molar-refractivity contribution in [1.82, 2.24) is 19.4 Å². The highest BCUT2D eigenvalue weighted by Crippen LogP contribution is 2.16. The van der Waals surface area contributed by atoms with Gasteiger partial charge >= 0.3 is 0 Å². The van der Waals surface area contributed by atoms with Gasteiger partial charge in [0, 0.05) is 61.4 Å². The maximum Gasteiger partial charge on any atom is 0.253 e. The molecule has 0 saturated carbocycles. The van der Waals surface area contributed by atoms with Crippen molar-refractivity contribution >= 4 is 17.5 Å². The second kappa shape index (κ2) is 7.94. The summed E-state index contributed by atoms with van der Waals surface area (Å²) in [5, 5.41) is 0.764. The normalized spacial score (nSPS) is 15.1. The van der Waals surface area contributed by atoms with Gasteiger partial charge in [-0.25, -0.2) is 4.98 Å². The minimum Gasteiger partial charge on any atom is -0.336 e. The monoisotopic (exact) mass is 380 g/mol. The molecule has 1 aromatic heterocycles. The van der Waals surface area contributed by atoms with Crippen molar-refractivity contribution in [3.05, 3.63) is 83.4 Å². The summed E-state index contributed by atoms with van der Waals surface area (Å²) in [5.74, 6) is 0.0922. The molecule has 5 nitrogen and oxygen atoms in total. The summed E-state index contributed by atoms with van der Waals surface area (Å²) in [4.78, 5) is 21.1. The number of hydrogen-bond acceptors (Lipinski definition) is 3. The predicted molar refractivity (Wildman–Crippen MR) is 106 cm³/mol. The molecular weight excluding hydrogens is 360 g/mol. The van der Waals surface area contributed by atoms with Crippen LogP contribution in [0.3, 0.4) is 0 Å². The minimum absolute atomic E-state index is 0.0922. The van der Waals surface area contributed by atoms with E-state index in [1.54, 1.807) is 12.5 Å².